The first-order valence-electron chi connectivity index (χ1n) is 8.76. The van der Waals surface area contributed by atoms with E-state index in [0.29, 0.717) is 41.6 Å². The van der Waals surface area contributed by atoms with E-state index in [1.165, 1.54) is 5.56 Å². The molecule has 2 aliphatic heterocycles. The van der Waals surface area contributed by atoms with E-state index in [0.717, 1.165) is 19.6 Å². The summed E-state index contributed by atoms with van der Waals surface area (Å²) in [7, 11) is 2.19. The molecule has 0 radical (unpaired) electrons. The summed E-state index contributed by atoms with van der Waals surface area (Å²) in [6.45, 7) is 2.74. The second-order valence-corrected chi connectivity index (χ2v) is 7.52. The van der Waals surface area contributed by atoms with Gasteiger partial charge in [0.2, 0.25) is 5.91 Å². The predicted octanol–water partition coefficient (Wildman–Crippen LogP) is 3.02. The number of nitrogens with zero attached hydrogens (tertiary/aromatic N) is 3. The van der Waals surface area contributed by atoms with Gasteiger partial charge in [-0.05, 0) is 18.5 Å². The third kappa shape index (κ3) is 3.31. The molecule has 4 rings (SSSR count). The van der Waals surface area contributed by atoms with E-state index in [2.05, 4.69) is 47.4 Å². The van der Waals surface area contributed by atoms with Gasteiger partial charge < -0.3 is 9.42 Å². The molecule has 0 N–H and O–H groups in total. The van der Waals surface area contributed by atoms with Crippen LogP contribution in [0, 0.1) is 11.8 Å². The van der Waals surface area contributed by atoms with Crippen molar-refractivity contribution in [1.82, 2.24) is 15.0 Å². The molecule has 2 fully saturated rings. The molecule has 25 heavy (non-hydrogen) atoms. The zero-order valence-corrected chi connectivity index (χ0v) is 15.0. The standard InChI is InChI=1S/C19H22ClN3O2/c1-22-10-14-11-23(18(24)8-7-15-9-17(20)21-25-15)12-16(14)19(22)13-5-3-2-4-6-13/h2-6,9,14,16,19H,7-8,10-12H2,1H3/t14-,16+,19-/m0/s1. The summed E-state index contributed by atoms with van der Waals surface area (Å²) in [6.07, 6.45) is 0.989. The fourth-order valence-corrected chi connectivity index (χ4v) is 4.56. The van der Waals surface area contributed by atoms with Crippen LogP contribution in [0.5, 0.6) is 0 Å². The van der Waals surface area contributed by atoms with Crippen molar-refractivity contribution < 1.29 is 9.32 Å². The van der Waals surface area contributed by atoms with Crippen LogP contribution in [0.2, 0.25) is 5.15 Å². The Morgan fingerprint density at radius 2 is 2.08 bits per heavy atom. The number of carbonyl (C=O) groups excluding carboxylic acids is 1. The van der Waals surface area contributed by atoms with Crippen molar-refractivity contribution >= 4 is 17.5 Å². The Balaban J connectivity index is 1.40. The number of amides is 1. The average Bonchev–Trinajstić information content (AvgIpc) is 3.27. The average molecular weight is 360 g/mol. The number of aryl methyl sites for hydroxylation is 1. The van der Waals surface area contributed by atoms with E-state index < -0.39 is 0 Å². The van der Waals surface area contributed by atoms with Gasteiger partial charge in [0.25, 0.3) is 0 Å². The third-order valence-corrected chi connectivity index (χ3v) is 5.68. The number of rotatable bonds is 4. The van der Waals surface area contributed by atoms with Gasteiger partial charge in [-0.2, -0.15) is 0 Å². The largest absolute Gasteiger partial charge is 0.360 e. The molecular weight excluding hydrogens is 338 g/mol. The molecule has 2 aliphatic rings. The Labute approximate surface area is 152 Å². The second kappa shape index (κ2) is 6.81. The second-order valence-electron chi connectivity index (χ2n) is 7.13. The maximum Gasteiger partial charge on any atom is 0.223 e. The number of aromatic nitrogens is 1. The van der Waals surface area contributed by atoms with Gasteiger partial charge in [-0.1, -0.05) is 47.1 Å². The van der Waals surface area contributed by atoms with Crippen LogP contribution in [0.25, 0.3) is 0 Å². The molecule has 2 saturated heterocycles. The summed E-state index contributed by atoms with van der Waals surface area (Å²) in [4.78, 5) is 17.1. The molecule has 0 unspecified atom stereocenters. The van der Waals surface area contributed by atoms with Crippen molar-refractivity contribution in [2.45, 2.75) is 18.9 Å². The molecular formula is C19H22ClN3O2. The van der Waals surface area contributed by atoms with Crippen LogP contribution in [0.1, 0.15) is 23.8 Å². The van der Waals surface area contributed by atoms with E-state index in [9.17, 15) is 4.79 Å². The van der Waals surface area contributed by atoms with Crippen LogP contribution in [0.15, 0.2) is 40.9 Å². The van der Waals surface area contributed by atoms with Gasteiger partial charge in [-0.3, -0.25) is 9.69 Å². The van der Waals surface area contributed by atoms with Crippen molar-refractivity contribution in [3.63, 3.8) is 0 Å². The lowest BCUT2D eigenvalue weighted by atomic mass is 9.90. The highest BCUT2D eigenvalue weighted by Gasteiger charge is 2.46. The molecule has 0 bridgehead atoms. The van der Waals surface area contributed by atoms with Gasteiger partial charge in [0.15, 0.2) is 5.15 Å². The fourth-order valence-electron chi connectivity index (χ4n) is 4.41. The number of fused-ring (bicyclic) bond motifs is 1. The van der Waals surface area contributed by atoms with E-state index in [4.69, 9.17) is 16.1 Å². The molecule has 0 saturated carbocycles. The molecule has 6 heteroatoms. The minimum atomic E-state index is 0.191. The maximum absolute atomic E-state index is 12.6. The normalized spacial score (nSPS) is 26.2. The van der Waals surface area contributed by atoms with Gasteiger partial charge in [-0.15, -0.1) is 0 Å². The topological polar surface area (TPSA) is 49.6 Å². The Kier molecular flexibility index (Phi) is 4.52. The summed E-state index contributed by atoms with van der Waals surface area (Å²) in [5.41, 5.74) is 1.35. The first-order valence-corrected chi connectivity index (χ1v) is 9.13. The van der Waals surface area contributed by atoms with Crippen LogP contribution < -0.4 is 0 Å². The summed E-state index contributed by atoms with van der Waals surface area (Å²) in [6, 6.07) is 12.7. The Morgan fingerprint density at radius 3 is 2.80 bits per heavy atom. The quantitative estimate of drug-likeness (QED) is 0.842. The van der Waals surface area contributed by atoms with E-state index in [-0.39, 0.29) is 5.91 Å². The molecule has 132 valence electrons. The van der Waals surface area contributed by atoms with Gasteiger partial charge >= 0.3 is 0 Å². The van der Waals surface area contributed by atoms with Crippen LogP contribution in [0.4, 0.5) is 0 Å². The summed E-state index contributed by atoms with van der Waals surface area (Å²) in [5.74, 6) is 1.92. The number of hydrogen-bond donors (Lipinski definition) is 0. The number of benzene rings is 1. The van der Waals surface area contributed by atoms with Crippen molar-refractivity contribution in [3.8, 4) is 0 Å². The summed E-state index contributed by atoms with van der Waals surface area (Å²) >= 11 is 5.75. The van der Waals surface area contributed by atoms with Gasteiger partial charge in [0.05, 0.1) is 0 Å². The highest BCUT2D eigenvalue weighted by Crippen LogP contribution is 2.44. The Morgan fingerprint density at radius 1 is 1.28 bits per heavy atom. The highest BCUT2D eigenvalue weighted by atomic mass is 35.5. The molecule has 2 aromatic rings. The summed E-state index contributed by atoms with van der Waals surface area (Å²) < 4.78 is 5.08. The van der Waals surface area contributed by atoms with Crippen LogP contribution in [-0.2, 0) is 11.2 Å². The van der Waals surface area contributed by atoms with Gasteiger partial charge in [-0.25, -0.2) is 0 Å². The van der Waals surface area contributed by atoms with Gasteiger partial charge in [0, 0.05) is 50.5 Å². The van der Waals surface area contributed by atoms with Crippen LogP contribution in [-0.4, -0.2) is 47.5 Å². The minimum Gasteiger partial charge on any atom is -0.360 e. The van der Waals surface area contributed by atoms with Crippen molar-refractivity contribution in [3.05, 3.63) is 52.9 Å². The van der Waals surface area contributed by atoms with E-state index in [1.54, 1.807) is 6.07 Å². The SMILES string of the molecule is CN1C[C@H]2CN(C(=O)CCc3cc(Cl)no3)C[C@H]2[C@@H]1c1ccccc1. The van der Waals surface area contributed by atoms with Gasteiger partial charge in [0.1, 0.15) is 5.76 Å². The molecule has 3 heterocycles. The number of likely N-dealkylation sites (tertiary alicyclic amines) is 2. The predicted molar refractivity (Wildman–Crippen MR) is 95.2 cm³/mol. The lowest BCUT2D eigenvalue weighted by molar-refractivity contribution is -0.130. The zero-order valence-electron chi connectivity index (χ0n) is 14.3. The minimum absolute atomic E-state index is 0.191. The van der Waals surface area contributed by atoms with Crippen LogP contribution >= 0.6 is 11.6 Å². The lowest BCUT2D eigenvalue weighted by Crippen LogP contribution is -2.33. The monoisotopic (exact) mass is 359 g/mol. The molecule has 1 aromatic heterocycles. The van der Waals surface area contributed by atoms with Crippen molar-refractivity contribution in [2.75, 3.05) is 26.7 Å². The molecule has 1 aromatic carbocycles. The van der Waals surface area contributed by atoms with Crippen molar-refractivity contribution in [1.29, 1.82) is 0 Å². The van der Waals surface area contributed by atoms with Crippen molar-refractivity contribution in [2.24, 2.45) is 11.8 Å². The van der Waals surface area contributed by atoms with E-state index in [1.807, 2.05) is 4.90 Å². The molecule has 1 amide bonds. The lowest BCUT2D eigenvalue weighted by Gasteiger charge is -2.26. The first kappa shape index (κ1) is 16.6. The molecule has 0 spiro atoms. The number of carbonyl (C=O) groups is 1. The highest BCUT2D eigenvalue weighted by molar-refractivity contribution is 6.29. The molecule has 5 nitrogen and oxygen atoms in total. The molecule has 3 atom stereocenters. The fraction of sp³-hybridized carbons (Fsp3) is 0.474. The Bertz CT molecular complexity index is 748. The summed E-state index contributed by atoms with van der Waals surface area (Å²) in [5, 5.41) is 3.99. The zero-order chi connectivity index (χ0) is 17.4. The Hall–Kier alpha value is -1.85. The maximum atomic E-state index is 12.6. The molecule has 0 aliphatic carbocycles. The first-order chi connectivity index (χ1) is 12.1. The van der Waals surface area contributed by atoms with Crippen LogP contribution in [0.3, 0.4) is 0 Å². The number of halogens is 1. The smallest absolute Gasteiger partial charge is 0.223 e. The number of hydrogen-bond acceptors (Lipinski definition) is 4. The van der Waals surface area contributed by atoms with E-state index >= 15 is 0 Å². The third-order valence-electron chi connectivity index (χ3n) is 5.50.